The third-order valence-corrected chi connectivity index (χ3v) is 7.67. The van der Waals surface area contributed by atoms with Crippen LogP contribution >= 0.6 is 11.3 Å². The number of benzene rings is 1. The summed E-state index contributed by atoms with van der Waals surface area (Å²) in [6.07, 6.45) is 5.78. The number of hydrogen-bond donors (Lipinski definition) is 1. The number of aromatic nitrogens is 2. The summed E-state index contributed by atoms with van der Waals surface area (Å²) in [7, 11) is 0. The summed E-state index contributed by atoms with van der Waals surface area (Å²) in [6, 6.07) is 13.7. The van der Waals surface area contributed by atoms with Crippen LogP contribution in [0.15, 0.2) is 58.7 Å². The standard InChI is InChI=1S/C27H27N5O3S/c28-10-4-11-32(17-21-5-3-14-35-21)27(34)24-18-36-26(30-24)19-8-12-31(13-9-19)25(33)15-20-16-29-23-7-2-1-6-22(20)23/h1-3,5-7,14,16,18-19,29H,4,8-9,11-13,15,17H2. The number of rotatable bonds is 8. The van der Waals surface area contributed by atoms with E-state index in [0.29, 0.717) is 44.1 Å². The van der Waals surface area contributed by atoms with Gasteiger partial charge in [0.1, 0.15) is 11.5 Å². The van der Waals surface area contributed by atoms with E-state index in [9.17, 15) is 9.59 Å². The Morgan fingerprint density at radius 1 is 1.22 bits per heavy atom. The largest absolute Gasteiger partial charge is 0.467 e. The van der Waals surface area contributed by atoms with Gasteiger partial charge in [0.05, 0.1) is 36.7 Å². The van der Waals surface area contributed by atoms with Crippen LogP contribution in [0.3, 0.4) is 0 Å². The lowest BCUT2D eigenvalue weighted by atomic mass is 9.97. The van der Waals surface area contributed by atoms with Crippen molar-refractivity contribution < 1.29 is 14.0 Å². The maximum Gasteiger partial charge on any atom is 0.273 e. The molecule has 4 aromatic rings. The number of nitrogens with one attached hydrogen (secondary N) is 1. The Balaban J connectivity index is 1.18. The Hall–Kier alpha value is -3.90. The van der Waals surface area contributed by atoms with Crippen LogP contribution in [0.5, 0.6) is 0 Å². The molecule has 1 saturated heterocycles. The number of carbonyl (C=O) groups excluding carboxylic acids is 2. The molecule has 4 heterocycles. The lowest BCUT2D eigenvalue weighted by Crippen LogP contribution is -2.38. The average molecular weight is 502 g/mol. The van der Waals surface area contributed by atoms with Gasteiger partial charge < -0.3 is 19.2 Å². The highest BCUT2D eigenvalue weighted by Crippen LogP contribution is 2.31. The number of likely N-dealkylation sites (tertiary alicyclic amines) is 1. The molecule has 9 heteroatoms. The average Bonchev–Trinajstić information content (AvgIpc) is 3.68. The van der Waals surface area contributed by atoms with E-state index in [0.717, 1.165) is 34.3 Å². The Morgan fingerprint density at radius 2 is 2.06 bits per heavy atom. The number of aromatic amines is 1. The quantitative estimate of drug-likeness (QED) is 0.376. The molecule has 36 heavy (non-hydrogen) atoms. The molecule has 1 aliphatic rings. The first kappa shape index (κ1) is 23.8. The summed E-state index contributed by atoms with van der Waals surface area (Å²) in [6.45, 7) is 1.99. The Morgan fingerprint density at radius 3 is 2.83 bits per heavy atom. The molecule has 1 N–H and O–H groups in total. The van der Waals surface area contributed by atoms with E-state index in [4.69, 9.17) is 9.68 Å². The van der Waals surface area contributed by atoms with Gasteiger partial charge in [-0.2, -0.15) is 5.26 Å². The predicted molar refractivity (Wildman–Crippen MR) is 136 cm³/mol. The van der Waals surface area contributed by atoms with E-state index in [-0.39, 0.29) is 24.2 Å². The topological polar surface area (TPSA) is 106 Å². The summed E-state index contributed by atoms with van der Waals surface area (Å²) >= 11 is 1.49. The molecule has 1 fully saturated rings. The first-order chi connectivity index (χ1) is 17.6. The van der Waals surface area contributed by atoms with Crippen molar-refractivity contribution in [3.05, 3.63) is 76.3 Å². The number of nitrogens with zero attached hydrogens (tertiary/aromatic N) is 4. The van der Waals surface area contributed by atoms with Gasteiger partial charge in [-0.15, -0.1) is 11.3 Å². The fourth-order valence-corrected chi connectivity index (χ4v) is 5.66. The van der Waals surface area contributed by atoms with E-state index in [1.54, 1.807) is 22.6 Å². The molecule has 8 nitrogen and oxygen atoms in total. The van der Waals surface area contributed by atoms with Crippen LogP contribution < -0.4 is 0 Å². The molecule has 2 amide bonds. The molecule has 3 aromatic heterocycles. The molecule has 0 atom stereocenters. The zero-order valence-corrected chi connectivity index (χ0v) is 20.7. The van der Waals surface area contributed by atoms with Gasteiger partial charge in [-0.3, -0.25) is 9.59 Å². The van der Waals surface area contributed by atoms with Gasteiger partial charge in [-0.05, 0) is 36.6 Å². The van der Waals surface area contributed by atoms with Crippen LogP contribution in [0.1, 0.15) is 52.0 Å². The van der Waals surface area contributed by atoms with Crippen molar-refractivity contribution in [2.45, 2.75) is 38.1 Å². The van der Waals surface area contributed by atoms with Gasteiger partial charge in [0, 0.05) is 48.0 Å². The van der Waals surface area contributed by atoms with Crippen LogP contribution in [0, 0.1) is 11.3 Å². The van der Waals surface area contributed by atoms with Crippen molar-refractivity contribution in [2.24, 2.45) is 0 Å². The van der Waals surface area contributed by atoms with Crippen molar-refractivity contribution in [3.8, 4) is 6.07 Å². The number of hydrogen-bond acceptors (Lipinski definition) is 6. The molecule has 0 saturated carbocycles. The highest BCUT2D eigenvalue weighted by Gasteiger charge is 2.28. The Kier molecular flexibility index (Phi) is 7.14. The zero-order valence-electron chi connectivity index (χ0n) is 19.9. The predicted octanol–water partition coefficient (Wildman–Crippen LogP) is 4.72. The Labute approximate surface area is 213 Å². The van der Waals surface area contributed by atoms with Crippen LogP contribution in [-0.4, -0.2) is 51.2 Å². The van der Waals surface area contributed by atoms with Crippen molar-refractivity contribution in [2.75, 3.05) is 19.6 Å². The maximum absolute atomic E-state index is 13.1. The number of nitriles is 1. The van der Waals surface area contributed by atoms with Crippen LogP contribution in [0.4, 0.5) is 0 Å². The number of amides is 2. The number of furan rings is 1. The molecule has 1 aliphatic heterocycles. The fourth-order valence-electron chi connectivity index (χ4n) is 4.69. The van der Waals surface area contributed by atoms with Gasteiger partial charge in [-0.25, -0.2) is 4.98 Å². The first-order valence-corrected chi connectivity index (χ1v) is 13.0. The van der Waals surface area contributed by atoms with Gasteiger partial charge in [0.2, 0.25) is 5.91 Å². The minimum Gasteiger partial charge on any atom is -0.467 e. The smallest absolute Gasteiger partial charge is 0.273 e. The fraction of sp³-hybridized carbons (Fsp3) is 0.333. The highest BCUT2D eigenvalue weighted by atomic mass is 32.1. The second-order valence-electron chi connectivity index (χ2n) is 8.98. The monoisotopic (exact) mass is 501 g/mol. The lowest BCUT2D eigenvalue weighted by molar-refractivity contribution is -0.131. The summed E-state index contributed by atoms with van der Waals surface area (Å²) in [5.74, 6) is 0.836. The Bertz CT molecular complexity index is 1380. The summed E-state index contributed by atoms with van der Waals surface area (Å²) in [5, 5.41) is 12.8. The van der Waals surface area contributed by atoms with Crippen LogP contribution in [-0.2, 0) is 17.8 Å². The van der Waals surface area contributed by atoms with Gasteiger partial charge in [-0.1, -0.05) is 18.2 Å². The molecular formula is C27H27N5O3S. The first-order valence-electron chi connectivity index (χ1n) is 12.1. The lowest BCUT2D eigenvalue weighted by Gasteiger charge is -2.31. The van der Waals surface area contributed by atoms with Crippen molar-refractivity contribution in [1.82, 2.24) is 19.8 Å². The third-order valence-electron chi connectivity index (χ3n) is 6.66. The normalized spacial score (nSPS) is 14.1. The van der Waals surface area contributed by atoms with Crippen molar-refractivity contribution in [1.29, 1.82) is 5.26 Å². The van der Waals surface area contributed by atoms with E-state index in [2.05, 4.69) is 16.0 Å². The minimum atomic E-state index is -0.199. The second-order valence-corrected chi connectivity index (χ2v) is 9.87. The number of thiazole rings is 1. The number of H-pyrrole nitrogens is 1. The van der Waals surface area contributed by atoms with E-state index >= 15 is 0 Å². The number of carbonyl (C=O) groups is 2. The van der Waals surface area contributed by atoms with Gasteiger partial charge in [0.15, 0.2) is 0 Å². The minimum absolute atomic E-state index is 0.138. The summed E-state index contributed by atoms with van der Waals surface area (Å²) < 4.78 is 5.39. The van der Waals surface area contributed by atoms with Crippen molar-refractivity contribution in [3.63, 3.8) is 0 Å². The molecule has 0 radical (unpaired) electrons. The maximum atomic E-state index is 13.1. The second kappa shape index (κ2) is 10.8. The molecule has 0 aliphatic carbocycles. The molecule has 1 aromatic carbocycles. The van der Waals surface area contributed by atoms with E-state index in [1.165, 1.54) is 11.3 Å². The SMILES string of the molecule is N#CCCN(Cc1ccco1)C(=O)c1csc(C2CCN(C(=O)Cc3c[nH]c4ccccc34)CC2)n1. The third kappa shape index (κ3) is 5.19. The molecule has 184 valence electrons. The molecular weight excluding hydrogens is 474 g/mol. The molecule has 0 bridgehead atoms. The van der Waals surface area contributed by atoms with E-state index in [1.807, 2.05) is 41.4 Å². The van der Waals surface area contributed by atoms with Gasteiger partial charge in [0.25, 0.3) is 5.91 Å². The number of piperidine rings is 1. The van der Waals surface area contributed by atoms with E-state index < -0.39 is 0 Å². The molecule has 0 spiro atoms. The summed E-state index contributed by atoms with van der Waals surface area (Å²) in [5.41, 5.74) is 2.47. The molecule has 0 unspecified atom stereocenters. The molecule has 5 rings (SSSR count). The van der Waals surface area contributed by atoms with Crippen molar-refractivity contribution >= 4 is 34.1 Å². The summed E-state index contributed by atoms with van der Waals surface area (Å²) in [4.78, 5) is 37.5. The highest BCUT2D eigenvalue weighted by molar-refractivity contribution is 7.09. The zero-order chi connectivity index (χ0) is 24.9. The van der Waals surface area contributed by atoms with Crippen LogP contribution in [0.25, 0.3) is 10.9 Å². The number of para-hydroxylation sites is 1. The van der Waals surface area contributed by atoms with Gasteiger partial charge >= 0.3 is 0 Å². The van der Waals surface area contributed by atoms with Crippen LogP contribution in [0.2, 0.25) is 0 Å². The number of fused-ring (bicyclic) bond motifs is 1.